The molecule has 2 fully saturated rings. The number of likely N-dealkylation sites (N-methyl/N-ethyl adjacent to an activating group) is 1. The first kappa shape index (κ1) is 15.2. The lowest BCUT2D eigenvalue weighted by Gasteiger charge is -2.36. The summed E-state index contributed by atoms with van der Waals surface area (Å²) < 4.78 is 0. The lowest BCUT2D eigenvalue weighted by atomic mass is 10.1. The molecule has 2 aliphatic rings. The Morgan fingerprint density at radius 2 is 2.09 bits per heavy atom. The zero-order valence-electron chi connectivity index (χ0n) is 13.2. The molecule has 1 aromatic rings. The highest BCUT2D eigenvalue weighted by atomic mass is 16.2. The summed E-state index contributed by atoms with van der Waals surface area (Å²) in [7, 11) is 2.06. The van der Waals surface area contributed by atoms with Gasteiger partial charge in [-0.3, -0.25) is 14.6 Å². The van der Waals surface area contributed by atoms with Crippen molar-refractivity contribution in [3.63, 3.8) is 0 Å². The molecule has 1 amide bonds. The van der Waals surface area contributed by atoms with Crippen LogP contribution in [0.15, 0.2) is 18.3 Å². The fourth-order valence-electron chi connectivity index (χ4n) is 3.41. The molecule has 2 N–H and O–H groups in total. The van der Waals surface area contributed by atoms with Crippen LogP contribution in [-0.2, 0) is 11.3 Å². The van der Waals surface area contributed by atoms with Gasteiger partial charge in [-0.1, -0.05) is 0 Å². The maximum atomic E-state index is 12.6. The SMILES string of the molecule is CN1CCCC1C(=O)N1CCN(Cc2ccnc(N)c2)CC1. The largest absolute Gasteiger partial charge is 0.384 e. The van der Waals surface area contributed by atoms with Gasteiger partial charge in [-0.15, -0.1) is 0 Å². The van der Waals surface area contributed by atoms with E-state index in [1.165, 1.54) is 5.56 Å². The smallest absolute Gasteiger partial charge is 0.240 e. The van der Waals surface area contributed by atoms with Gasteiger partial charge in [0.1, 0.15) is 5.82 Å². The third-order valence-electron chi connectivity index (χ3n) is 4.74. The molecular formula is C16H25N5O. The van der Waals surface area contributed by atoms with Crippen LogP contribution in [0.3, 0.4) is 0 Å². The topological polar surface area (TPSA) is 65.7 Å². The molecule has 0 spiro atoms. The van der Waals surface area contributed by atoms with Crippen LogP contribution in [0.1, 0.15) is 18.4 Å². The van der Waals surface area contributed by atoms with E-state index < -0.39 is 0 Å². The second kappa shape index (κ2) is 6.62. The van der Waals surface area contributed by atoms with Crippen molar-refractivity contribution in [3.05, 3.63) is 23.9 Å². The molecule has 0 saturated carbocycles. The maximum absolute atomic E-state index is 12.6. The van der Waals surface area contributed by atoms with Crippen LogP contribution in [0, 0.1) is 0 Å². The second-order valence-corrected chi connectivity index (χ2v) is 6.33. The Hall–Kier alpha value is -1.66. The van der Waals surface area contributed by atoms with Crippen molar-refractivity contribution >= 4 is 11.7 Å². The minimum absolute atomic E-state index is 0.103. The molecule has 0 radical (unpaired) electrons. The molecule has 2 saturated heterocycles. The number of piperazine rings is 1. The van der Waals surface area contributed by atoms with Crippen molar-refractivity contribution in [2.75, 3.05) is 45.5 Å². The van der Waals surface area contributed by atoms with Crippen molar-refractivity contribution in [1.29, 1.82) is 0 Å². The molecule has 22 heavy (non-hydrogen) atoms. The Morgan fingerprint density at radius 3 is 2.73 bits per heavy atom. The third-order valence-corrected chi connectivity index (χ3v) is 4.74. The summed E-state index contributed by atoms with van der Waals surface area (Å²) in [5.74, 6) is 0.878. The van der Waals surface area contributed by atoms with Crippen LogP contribution >= 0.6 is 0 Å². The number of carbonyl (C=O) groups excluding carboxylic acids is 1. The number of hydrogen-bond donors (Lipinski definition) is 1. The highest BCUT2D eigenvalue weighted by Crippen LogP contribution is 2.18. The van der Waals surface area contributed by atoms with E-state index in [4.69, 9.17) is 5.73 Å². The van der Waals surface area contributed by atoms with Gasteiger partial charge in [-0.05, 0) is 44.1 Å². The predicted molar refractivity (Wildman–Crippen MR) is 86.2 cm³/mol. The first-order valence-electron chi connectivity index (χ1n) is 8.05. The second-order valence-electron chi connectivity index (χ2n) is 6.33. The van der Waals surface area contributed by atoms with Gasteiger partial charge in [0.25, 0.3) is 0 Å². The van der Waals surface area contributed by atoms with Crippen molar-refractivity contribution in [1.82, 2.24) is 19.7 Å². The Bertz CT molecular complexity index is 527. The van der Waals surface area contributed by atoms with Crippen molar-refractivity contribution < 1.29 is 4.79 Å². The molecule has 1 unspecified atom stereocenters. The van der Waals surface area contributed by atoms with Gasteiger partial charge in [0.15, 0.2) is 0 Å². The summed E-state index contributed by atoms with van der Waals surface area (Å²) in [6, 6.07) is 4.03. The van der Waals surface area contributed by atoms with Crippen molar-refractivity contribution in [2.45, 2.75) is 25.4 Å². The monoisotopic (exact) mass is 303 g/mol. The Kier molecular flexibility index (Phi) is 4.59. The first-order valence-corrected chi connectivity index (χ1v) is 8.05. The quantitative estimate of drug-likeness (QED) is 0.876. The number of hydrogen-bond acceptors (Lipinski definition) is 5. The summed E-state index contributed by atoms with van der Waals surface area (Å²) >= 11 is 0. The molecule has 0 aromatic carbocycles. The van der Waals surface area contributed by atoms with E-state index >= 15 is 0 Å². The lowest BCUT2D eigenvalue weighted by Crippen LogP contribution is -2.52. The average molecular weight is 303 g/mol. The molecule has 6 heteroatoms. The Labute approximate surface area is 131 Å². The molecule has 6 nitrogen and oxygen atoms in total. The van der Waals surface area contributed by atoms with Crippen molar-refractivity contribution in [3.8, 4) is 0 Å². The van der Waals surface area contributed by atoms with Crippen LogP contribution in [0.5, 0.6) is 0 Å². The maximum Gasteiger partial charge on any atom is 0.240 e. The van der Waals surface area contributed by atoms with E-state index in [-0.39, 0.29) is 6.04 Å². The normalized spacial score (nSPS) is 23.9. The number of rotatable bonds is 3. The average Bonchev–Trinajstić information content (AvgIpc) is 2.93. The number of aromatic nitrogens is 1. The van der Waals surface area contributed by atoms with E-state index in [1.54, 1.807) is 6.20 Å². The highest BCUT2D eigenvalue weighted by Gasteiger charge is 2.32. The molecule has 3 heterocycles. The number of nitrogens with zero attached hydrogens (tertiary/aromatic N) is 4. The van der Waals surface area contributed by atoms with Crippen LogP contribution in [0.25, 0.3) is 0 Å². The lowest BCUT2D eigenvalue weighted by molar-refractivity contribution is -0.137. The summed E-state index contributed by atoms with van der Waals surface area (Å²) in [5.41, 5.74) is 6.90. The number of amides is 1. The van der Waals surface area contributed by atoms with Gasteiger partial charge < -0.3 is 10.6 Å². The minimum Gasteiger partial charge on any atom is -0.384 e. The number of nitrogen functional groups attached to an aromatic ring is 1. The minimum atomic E-state index is 0.103. The summed E-state index contributed by atoms with van der Waals surface area (Å²) in [6.07, 6.45) is 3.89. The van der Waals surface area contributed by atoms with Gasteiger partial charge in [-0.2, -0.15) is 0 Å². The molecule has 120 valence electrons. The zero-order valence-corrected chi connectivity index (χ0v) is 13.2. The number of anilines is 1. The van der Waals surface area contributed by atoms with Gasteiger partial charge in [0, 0.05) is 38.9 Å². The molecule has 1 aromatic heterocycles. The molecular weight excluding hydrogens is 278 g/mol. The fraction of sp³-hybridized carbons (Fsp3) is 0.625. The van der Waals surface area contributed by atoms with Gasteiger partial charge >= 0.3 is 0 Å². The highest BCUT2D eigenvalue weighted by molar-refractivity contribution is 5.82. The van der Waals surface area contributed by atoms with Crippen LogP contribution in [0.2, 0.25) is 0 Å². The first-order chi connectivity index (χ1) is 10.6. The van der Waals surface area contributed by atoms with Gasteiger partial charge in [0.05, 0.1) is 6.04 Å². The number of carbonyl (C=O) groups is 1. The summed E-state index contributed by atoms with van der Waals surface area (Å²) in [5, 5.41) is 0. The molecule has 2 aliphatic heterocycles. The molecule has 3 rings (SSSR count). The van der Waals surface area contributed by atoms with E-state index in [1.807, 2.05) is 17.0 Å². The van der Waals surface area contributed by atoms with Crippen molar-refractivity contribution in [2.24, 2.45) is 0 Å². The van der Waals surface area contributed by atoms with Gasteiger partial charge in [0.2, 0.25) is 5.91 Å². The Morgan fingerprint density at radius 1 is 1.32 bits per heavy atom. The number of likely N-dealkylation sites (tertiary alicyclic amines) is 1. The van der Waals surface area contributed by atoms with Gasteiger partial charge in [-0.25, -0.2) is 4.98 Å². The fourth-order valence-corrected chi connectivity index (χ4v) is 3.41. The van der Waals surface area contributed by atoms with E-state index in [0.717, 1.165) is 52.1 Å². The number of pyridine rings is 1. The molecule has 0 bridgehead atoms. The zero-order chi connectivity index (χ0) is 15.5. The molecule has 1 atom stereocenters. The number of nitrogens with two attached hydrogens (primary N) is 1. The van der Waals surface area contributed by atoms with Crippen LogP contribution < -0.4 is 5.73 Å². The van der Waals surface area contributed by atoms with E-state index in [9.17, 15) is 4.79 Å². The van der Waals surface area contributed by atoms with Crippen LogP contribution in [-0.4, -0.2) is 71.4 Å². The van der Waals surface area contributed by atoms with E-state index in [2.05, 4.69) is 21.8 Å². The summed E-state index contributed by atoms with van der Waals surface area (Å²) in [6.45, 7) is 5.40. The molecule has 0 aliphatic carbocycles. The predicted octanol–water partition coefficient (Wildman–Crippen LogP) is 0.402. The third kappa shape index (κ3) is 3.39. The Balaban J connectivity index is 1.51. The standard InChI is InChI=1S/C16H25N5O/c1-19-6-2-3-14(19)16(22)21-9-7-20(8-10-21)12-13-4-5-18-15(17)11-13/h4-5,11,14H,2-3,6-10,12H2,1H3,(H2,17,18). The van der Waals surface area contributed by atoms with Crippen LogP contribution in [0.4, 0.5) is 5.82 Å². The summed E-state index contributed by atoms with van der Waals surface area (Å²) in [4.78, 5) is 23.2. The van der Waals surface area contributed by atoms with E-state index in [0.29, 0.717) is 11.7 Å².